The van der Waals surface area contributed by atoms with Crippen molar-refractivity contribution in [2.75, 3.05) is 19.8 Å². The largest absolute Gasteiger partial charge is 0.449 e. The molecule has 0 saturated carbocycles. The molecule has 7 heteroatoms. The summed E-state index contributed by atoms with van der Waals surface area (Å²) in [7, 11) is -1.98. The highest BCUT2D eigenvalue weighted by Gasteiger charge is 2.49. The number of benzene rings is 2. The van der Waals surface area contributed by atoms with Crippen molar-refractivity contribution in [1.29, 1.82) is 0 Å². The molecule has 216 valence electrons. The average Bonchev–Trinajstić information content (AvgIpc) is 3.08. The lowest BCUT2D eigenvalue weighted by Crippen LogP contribution is -2.53. The monoisotopic (exact) mass is 554 g/mol. The van der Waals surface area contributed by atoms with E-state index in [4.69, 9.17) is 13.9 Å². The lowest BCUT2D eigenvalue weighted by Gasteiger charge is -2.40. The van der Waals surface area contributed by atoms with E-state index in [1.807, 2.05) is 39.8 Å². The molecule has 6 nitrogen and oxygen atoms in total. The van der Waals surface area contributed by atoms with E-state index in [2.05, 4.69) is 87.3 Å². The van der Waals surface area contributed by atoms with E-state index < -0.39 is 19.6 Å². The third-order valence-electron chi connectivity index (χ3n) is 8.20. The van der Waals surface area contributed by atoms with Gasteiger partial charge >= 0.3 is 6.09 Å². The molecular formula is C32H50N2O4Si. The van der Waals surface area contributed by atoms with Crippen LogP contribution in [0.15, 0.2) is 60.7 Å². The van der Waals surface area contributed by atoms with Crippen molar-refractivity contribution in [3.05, 3.63) is 71.8 Å². The Kier molecular flexibility index (Phi) is 10.1. The zero-order valence-corrected chi connectivity index (χ0v) is 26.6. The second-order valence-electron chi connectivity index (χ2n) is 13.4. The Morgan fingerprint density at radius 2 is 1.49 bits per heavy atom. The molecule has 1 aliphatic heterocycles. The molecule has 39 heavy (non-hydrogen) atoms. The number of rotatable bonds is 11. The smallest absolute Gasteiger partial charge is 0.412 e. The van der Waals surface area contributed by atoms with Crippen LogP contribution in [0.1, 0.15) is 66.0 Å². The van der Waals surface area contributed by atoms with E-state index in [0.29, 0.717) is 26.2 Å². The van der Waals surface area contributed by atoms with E-state index in [9.17, 15) is 4.79 Å². The van der Waals surface area contributed by atoms with Gasteiger partial charge < -0.3 is 13.9 Å². The summed E-state index contributed by atoms with van der Waals surface area (Å²) in [6.07, 6.45) is 0.347. The molecule has 1 atom stereocenters. The number of hydrogen-bond donors (Lipinski definition) is 0. The van der Waals surface area contributed by atoms with Gasteiger partial charge in [0.25, 0.3) is 0 Å². The standard InChI is InChI=1S/C32H50N2O4Si/c1-30(2,3)39(8,9)38-24-28(20-21-36-29(35)34-31(4,5)25-37-32(34,6)7)33(22-26-16-12-10-13-17-26)23-27-18-14-11-15-19-27/h10-19,28H,20-25H2,1-9H3/t28-/m0/s1. The topological polar surface area (TPSA) is 51.2 Å². The van der Waals surface area contributed by atoms with Gasteiger partial charge in [-0.05, 0) is 63.4 Å². The molecular weight excluding hydrogens is 504 g/mol. The van der Waals surface area contributed by atoms with Gasteiger partial charge in [-0.3, -0.25) is 9.80 Å². The van der Waals surface area contributed by atoms with Gasteiger partial charge in [-0.15, -0.1) is 0 Å². The number of carbonyl (C=O) groups excluding carboxylic acids is 1. The zero-order valence-electron chi connectivity index (χ0n) is 25.6. The van der Waals surface area contributed by atoms with Crippen LogP contribution in [0.3, 0.4) is 0 Å². The van der Waals surface area contributed by atoms with Crippen LogP contribution >= 0.6 is 0 Å². The zero-order chi connectivity index (χ0) is 28.9. The highest BCUT2D eigenvalue weighted by Crippen LogP contribution is 2.37. The number of ether oxygens (including phenoxy) is 2. The van der Waals surface area contributed by atoms with Crippen LogP contribution in [-0.2, 0) is 27.0 Å². The van der Waals surface area contributed by atoms with Crippen molar-refractivity contribution in [1.82, 2.24) is 9.80 Å². The van der Waals surface area contributed by atoms with Gasteiger partial charge in [-0.1, -0.05) is 81.4 Å². The Bertz CT molecular complexity index is 993. The highest BCUT2D eigenvalue weighted by atomic mass is 28.4. The molecule has 0 unspecified atom stereocenters. The molecule has 0 radical (unpaired) electrons. The minimum atomic E-state index is -1.98. The molecule has 1 heterocycles. The maximum atomic E-state index is 13.2. The van der Waals surface area contributed by atoms with Crippen LogP contribution in [-0.4, -0.2) is 61.3 Å². The molecule has 0 aromatic heterocycles. The van der Waals surface area contributed by atoms with Crippen LogP contribution in [0.2, 0.25) is 18.1 Å². The van der Waals surface area contributed by atoms with Crippen LogP contribution in [0, 0.1) is 0 Å². The van der Waals surface area contributed by atoms with Crippen molar-refractivity contribution >= 4 is 14.4 Å². The van der Waals surface area contributed by atoms with Crippen molar-refractivity contribution in [3.63, 3.8) is 0 Å². The van der Waals surface area contributed by atoms with Crippen LogP contribution < -0.4 is 0 Å². The lowest BCUT2D eigenvalue weighted by atomic mass is 10.0. The molecule has 0 bridgehead atoms. The van der Waals surface area contributed by atoms with E-state index in [1.54, 1.807) is 4.90 Å². The maximum Gasteiger partial charge on any atom is 0.412 e. The molecule has 0 spiro atoms. The predicted octanol–water partition coefficient (Wildman–Crippen LogP) is 7.45. The Balaban J connectivity index is 1.81. The highest BCUT2D eigenvalue weighted by molar-refractivity contribution is 6.74. The van der Waals surface area contributed by atoms with E-state index in [-0.39, 0.29) is 17.2 Å². The summed E-state index contributed by atoms with van der Waals surface area (Å²) in [4.78, 5) is 17.4. The minimum absolute atomic E-state index is 0.0724. The van der Waals surface area contributed by atoms with E-state index in [0.717, 1.165) is 13.1 Å². The minimum Gasteiger partial charge on any atom is -0.449 e. The van der Waals surface area contributed by atoms with Gasteiger partial charge in [0.1, 0.15) is 5.72 Å². The molecule has 1 saturated heterocycles. The summed E-state index contributed by atoms with van der Waals surface area (Å²) in [5, 5.41) is 0.112. The Labute approximate surface area is 237 Å². The van der Waals surface area contributed by atoms with Gasteiger partial charge in [0.2, 0.25) is 0 Å². The first-order valence-corrected chi connectivity index (χ1v) is 17.1. The molecule has 1 fully saturated rings. The van der Waals surface area contributed by atoms with Crippen molar-refractivity contribution in [2.24, 2.45) is 0 Å². The molecule has 1 amide bonds. The lowest BCUT2D eigenvalue weighted by molar-refractivity contribution is -0.0529. The molecule has 2 aromatic carbocycles. The number of hydrogen-bond acceptors (Lipinski definition) is 5. The fraction of sp³-hybridized carbons (Fsp3) is 0.594. The summed E-state index contributed by atoms with van der Waals surface area (Å²) in [5.74, 6) is 0. The quantitative estimate of drug-likeness (QED) is 0.270. The second kappa shape index (κ2) is 12.5. The third-order valence-corrected chi connectivity index (χ3v) is 12.7. The number of amides is 1. The van der Waals surface area contributed by atoms with E-state index in [1.165, 1.54) is 11.1 Å². The average molecular weight is 555 g/mol. The van der Waals surface area contributed by atoms with Crippen LogP contribution in [0.5, 0.6) is 0 Å². The van der Waals surface area contributed by atoms with Gasteiger partial charge in [-0.25, -0.2) is 4.79 Å². The van der Waals surface area contributed by atoms with Crippen molar-refractivity contribution < 1.29 is 18.7 Å². The molecule has 3 rings (SSSR count). The van der Waals surface area contributed by atoms with E-state index >= 15 is 0 Å². The second-order valence-corrected chi connectivity index (χ2v) is 18.2. The van der Waals surface area contributed by atoms with Gasteiger partial charge in [0.15, 0.2) is 8.32 Å². The first-order chi connectivity index (χ1) is 18.1. The molecule has 0 aliphatic carbocycles. The van der Waals surface area contributed by atoms with Gasteiger partial charge in [-0.2, -0.15) is 0 Å². The molecule has 1 aliphatic rings. The number of carbonyl (C=O) groups is 1. The van der Waals surface area contributed by atoms with Crippen molar-refractivity contribution in [3.8, 4) is 0 Å². The summed E-state index contributed by atoms with van der Waals surface area (Å²) < 4.78 is 18.6. The van der Waals surface area contributed by atoms with Crippen LogP contribution in [0.25, 0.3) is 0 Å². The number of nitrogens with zero attached hydrogens (tertiary/aromatic N) is 2. The normalized spacial score (nSPS) is 17.8. The fourth-order valence-corrected chi connectivity index (χ4v) is 5.91. The summed E-state index contributed by atoms with van der Waals surface area (Å²) >= 11 is 0. The van der Waals surface area contributed by atoms with Gasteiger partial charge in [0.05, 0.1) is 18.8 Å². The summed E-state index contributed by atoms with van der Waals surface area (Å²) in [6.45, 7) is 22.2. The molecule has 0 N–H and O–H groups in total. The third kappa shape index (κ3) is 8.40. The Morgan fingerprint density at radius 3 is 1.92 bits per heavy atom. The van der Waals surface area contributed by atoms with Crippen molar-refractivity contribution in [2.45, 2.75) is 103 Å². The first-order valence-electron chi connectivity index (χ1n) is 14.2. The molecule has 2 aromatic rings. The summed E-state index contributed by atoms with van der Waals surface area (Å²) in [6, 6.07) is 21.2. The fourth-order valence-electron chi connectivity index (χ4n) is 4.87. The maximum absolute atomic E-state index is 13.2. The SMILES string of the molecule is CC1(C)COC(C)(C)N1C(=O)OCC[C@@H](CO[Si](C)(C)C(C)(C)C)N(Cc1ccccc1)Cc1ccccc1. The van der Waals surface area contributed by atoms with Gasteiger partial charge in [0, 0.05) is 25.7 Å². The Hall–Kier alpha value is -2.19. The van der Waals surface area contributed by atoms with Crippen LogP contribution in [0.4, 0.5) is 4.79 Å². The predicted molar refractivity (Wildman–Crippen MR) is 161 cm³/mol. The summed E-state index contributed by atoms with van der Waals surface area (Å²) in [5.41, 5.74) is 1.39. The Morgan fingerprint density at radius 1 is 0.974 bits per heavy atom. The first kappa shape index (κ1) is 31.3.